The summed E-state index contributed by atoms with van der Waals surface area (Å²) in [6.45, 7) is 45.6. The van der Waals surface area contributed by atoms with E-state index in [0.29, 0.717) is 0 Å². The second-order valence-electron chi connectivity index (χ2n) is 16.5. The van der Waals surface area contributed by atoms with Crippen molar-refractivity contribution in [2.75, 3.05) is 0 Å². The van der Waals surface area contributed by atoms with Crippen molar-refractivity contribution >= 4 is 69.4 Å². The fourth-order valence-corrected chi connectivity index (χ4v) is 9.37. The Balaban J connectivity index is -0.000000417. The van der Waals surface area contributed by atoms with Gasteiger partial charge in [0.25, 0.3) is 0 Å². The van der Waals surface area contributed by atoms with Crippen LogP contribution in [0.2, 0.25) is 0 Å². The van der Waals surface area contributed by atoms with E-state index in [-0.39, 0.29) is 27.7 Å². The van der Waals surface area contributed by atoms with Crippen LogP contribution < -0.4 is 0 Å². The lowest BCUT2D eigenvalue weighted by atomic mass is 9.82. The predicted molar refractivity (Wildman–Crippen MR) is 369 cm³/mol. The van der Waals surface area contributed by atoms with Gasteiger partial charge in [-0.05, 0) is 111 Å². The van der Waals surface area contributed by atoms with Crippen molar-refractivity contribution in [3.05, 3.63) is 210 Å². The molecule has 1 aromatic heterocycles. The van der Waals surface area contributed by atoms with Gasteiger partial charge >= 0.3 is 0 Å². The highest BCUT2D eigenvalue weighted by molar-refractivity contribution is 7.25. The van der Waals surface area contributed by atoms with Crippen molar-refractivity contribution in [2.45, 2.75) is 193 Å². The number of hydrogen-bond acceptors (Lipinski definition) is 1. The molecular formula is C76H112S. The Morgan fingerprint density at radius 2 is 0.727 bits per heavy atom. The van der Waals surface area contributed by atoms with Gasteiger partial charge in [0.2, 0.25) is 0 Å². The van der Waals surface area contributed by atoms with Gasteiger partial charge in [0, 0.05) is 25.6 Å². The minimum atomic E-state index is 0. The molecule has 422 valence electrons. The van der Waals surface area contributed by atoms with Crippen LogP contribution in [0.25, 0.3) is 69.2 Å². The van der Waals surface area contributed by atoms with Crippen LogP contribution in [0.4, 0.5) is 0 Å². The van der Waals surface area contributed by atoms with E-state index in [1.54, 1.807) is 0 Å². The fraction of sp³-hybridized carbons (Fsp3) is 0.368. The first-order chi connectivity index (χ1) is 36.1. The fourth-order valence-electron chi connectivity index (χ4n) is 8.27. The molecule has 9 aromatic carbocycles. The maximum atomic E-state index is 2.30. The molecule has 1 aliphatic rings. The molecule has 0 N–H and O–H groups in total. The minimum Gasteiger partial charge on any atom is -0.135 e. The molecule has 0 saturated heterocycles. The molecule has 11 rings (SSSR count). The number of rotatable bonds is 2. The molecule has 0 atom stereocenters. The number of aryl methyl sites for hydroxylation is 1. The molecule has 0 aliphatic heterocycles. The van der Waals surface area contributed by atoms with Crippen LogP contribution in [0.1, 0.15) is 203 Å². The Morgan fingerprint density at radius 3 is 1.16 bits per heavy atom. The molecule has 0 radical (unpaired) electrons. The smallest absolute Gasteiger partial charge is 0.0355 e. The Bertz CT molecular complexity index is 2910. The van der Waals surface area contributed by atoms with Crippen molar-refractivity contribution in [3.63, 3.8) is 0 Å². The van der Waals surface area contributed by atoms with E-state index in [1.165, 1.54) is 110 Å². The van der Waals surface area contributed by atoms with Crippen LogP contribution >= 0.6 is 11.3 Å². The third-order valence-corrected chi connectivity index (χ3v) is 13.1. The van der Waals surface area contributed by atoms with E-state index in [2.05, 4.69) is 231 Å². The molecule has 1 heterocycles. The van der Waals surface area contributed by atoms with Gasteiger partial charge in [0.15, 0.2) is 0 Å². The summed E-state index contributed by atoms with van der Waals surface area (Å²) in [5, 5.41) is 11.0. The number of fused-ring (bicyclic) bond motifs is 6. The number of unbranched alkanes of at least 4 members (excludes halogenated alkanes) is 1. The molecule has 1 heteroatoms. The van der Waals surface area contributed by atoms with Crippen LogP contribution in [-0.2, 0) is 5.41 Å². The molecular weight excluding hydrogens is 945 g/mol. The summed E-state index contributed by atoms with van der Waals surface area (Å²) in [6.07, 6.45) is 2.64. The highest BCUT2D eigenvalue weighted by atomic mass is 32.1. The summed E-state index contributed by atoms with van der Waals surface area (Å²) in [6, 6.07) is 64.9. The van der Waals surface area contributed by atoms with Gasteiger partial charge in [-0.3, -0.25) is 0 Å². The van der Waals surface area contributed by atoms with Crippen LogP contribution in [0.3, 0.4) is 0 Å². The summed E-state index contributed by atoms with van der Waals surface area (Å²) < 4.78 is 2.76. The molecule has 0 spiro atoms. The third-order valence-electron chi connectivity index (χ3n) is 11.9. The Labute approximate surface area is 480 Å². The highest BCUT2D eigenvalue weighted by Crippen LogP contribution is 2.48. The van der Waals surface area contributed by atoms with Gasteiger partial charge in [-0.15, -0.1) is 11.3 Å². The van der Waals surface area contributed by atoms with E-state index < -0.39 is 0 Å². The lowest BCUT2D eigenvalue weighted by molar-refractivity contribution is 0.660. The van der Waals surface area contributed by atoms with Crippen LogP contribution in [0.15, 0.2) is 188 Å². The van der Waals surface area contributed by atoms with Crippen LogP contribution in [-0.4, -0.2) is 0 Å². The van der Waals surface area contributed by atoms with Gasteiger partial charge in [0.05, 0.1) is 0 Å². The topological polar surface area (TPSA) is 0 Å². The summed E-state index contributed by atoms with van der Waals surface area (Å²) in [4.78, 5) is 0. The molecule has 0 fully saturated rings. The van der Waals surface area contributed by atoms with Crippen molar-refractivity contribution in [1.29, 1.82) is 0 Å². The average molecular weight is 1060 g/mol. The largest absolute Gasteiger partial charge is 0.135 e. The Kier molecular flexibility index (Phi) is 44.3. The van der Waals surface area contributed by atoms with Gasteiger partial charge < -0.3 is 0 Å². The zero-order chi connectivity index (χ0) is 56.2. The van der Waals surface area contributed by atoms with E-state index in [0.717, 1.165) is 0 Å². The maximum Gasteiger partial charge on any atom is 0.0355 e. The third kappa shape index (κ3) is 21.0. The summed E-state index contributed by atoms with van der Waals surface area (Å²) >= 11 is 1.86. The maximum absolute atomic E-state index is 2.30. The van der Waals surface area contributed by atoms with Crippen LogP contribution in [0.5, 0.6) is 0 Å². The molecule has 0 saturated carbocycles. The first kappa shape index (κ1) is 77.5. The van der Waals surface area contributed by atoms with Crippen LogP contribution in [0, 0.1) is 6.92 Å². The van der Waals surface area contributed by atoms with Gasteiger partial charge in [-0.25, -0.2) is 0 Å². The Morgan fingerprint density at radius 1 is 0.377 bits per heavy atom. The SMILES string of the molecule is C.C.C.CC.CC.CC.CC.CC.CC.CC.CC(C)=C(C)c1ccccc1.CC1(C)c2ccccc2-c2ccccc21.CCCC.Cc1cc2cccc3ccc4cccc1c4c32.c1ccc2c(c1)sc1ccccc12. The van der Waals surface area contributed by atoms with Crippen molar-refractivity contribution in [3.8, 4) is 11.1 Å². The lowest BCUT2D eigenvalue weighted by Crippen LogP contribution is -2.14. The van der Waals surface area contributed by atoms with E-state index in [9.17, 15) is 0 Å². The quantitative estimate of drug-likeness (QED) is 0.151. The molecule has 77 heavy (non-hydrogen) atoms. The Hall–Kier alpha value is -6.02. The number of hydrogen-bond donors (Lipinski definition) is 0. The summed E-state index contributed by atoms with van der Waals surface area (Å²) in [5.74, 6) is 0. The van der Waals surface area contributed by atoms with Gasteiger partial charge in [-0.1, -0.05) is 335 Å². The zero-order valence-corrected chi connectivity index (χ0v) is 51.5. The molecule has 0 bridgehead atoms. The summed E-state index contributed by atoms with van der Waals surface area (Å²) in [7, 11) is 0. The molecule has 0 unspecified atom stereocenters. The number of allylic oxidation sites excluding steroid dienone is 2. The van der Waals surface area contributed by atoms with Gasteiger partial charge in [-0.2, -0.15) is 0 Å². The summed E-state index contributed by atoms with van der Waals surface area (Å²) in [5.41, 5.74) is 11.3. The second kappa shape index (κ2) is 44.0. The average Bonchev–Trinajstić information content (AvgIpc) is 3.98. The molecule has 0 amide bonds. The lowest BCUT2D eigenvalue weighted by Gasteiger charge is -2.20. The zero-order valence-electron chi connectivity index (χ0n) is 50.6. The van der Waals surface area contributed by atoms with E-state index in [1.807, 2.05) is 114 Å². The van der Waals surface area contributed by atoms with E-state index in [4.69, 9.17) is 0 Å². The van der Waals surface area contributed by atoms with Crippen molar-refractivity contribution in [2.24, 2.45) is 0 Å². The normalized spacial score (nSPS) is 9.84. The standard InChI is InChI=1S/C17H12.C15H14.C12H8S.C11H14.C4H10.7C2H6.3CH4/c1-11-10-14-6-2-4-12-8-9-13-5-3-7-15(11)17(13)16(12)14;1-15(2)13-9-5-3-7-11(13)12-8-4-6-10-14(12)15;1-3-7-11-9(5-1)10-6-2-4-8-12(10)13-11;1-9(2)10(3)11-7-5-4-6-8-11;1-3-4-2;7*1-2;;;/h2-10H,1H3;3-10H,1-2H3;1-8H;4-8H,1-3H3;3-4H2,1-2H3;7*1-2H3;3*1H4. The predicted octanol–water partition coefficient (Wildman–Crippen LogP) is 27.3. The van der Waals surface area contributed by atoms with E-state index >= 15 is 0 Å². The minimum absolute atomic E-state index is 0. The molecule has 1 aliphatic carbocycles. The first-order valence-corrected chi connectivity index (χ1v) is 29.3. The molecule has 10 aromatic rings. The second-order valence-corrected chi connectivity index (χ2v) is 17.6. The highest BCUT2D eigenvalue weighted by Gasteiger charge is 2.34. The van der Waals surface area contributed by atoms with Gasteiger partial charge in [0.1, 0.15) is 0 Å². The van der Waals surface area contributed by atoms with Crippen molar-refractivity contribution in [1.82, 2.24) is 0 Å². The van der Waals surface area contributed by atoms with Crippen molar-refractivity contribution < 1.29 is 0 Å². The first-order valence-electron chi connectivity index (χ1n) is 28.5. The molecule has 0 nitrogen and oxygen atoms in total. The number of thiophene rings is 1. The monoisotopic (exact) mass is 1060 g/mol. The number of benzene rings is 9.